The van der Waals surface area contributed by atoms with Crippen molar-refractivity contribution < 1.29 is 26.3 Å². The number of hydrogen-bond donors (Lipinski definition) is 0. The Morgan fingerprint density at radius 1 is 0.750 bits per heavy atom. The Hall–Kier alpha value is -1.46. The van der Waals surface area contributed by atoms with Crippen LogP contribution in [0.3, 0.4) is 0 Å². The standard InChI is InChI=1S/C26H34F6/c27-15-3-1-2-4-18-7-11-21(12-8-18)22-13-9-19(10-14-22)5-6-20-16-23(28)25(24(29)17-20)26(30,31)32/h1,3,16-19,21-22H,2,4-15H2. The largest absolute Gasteiger partial charge is 0.422 e. The smallest absolute Gasteiger partial charge is 0.247 e. The highest BCUT2D eigenvalue weighted by Crippen LogP contribution is 2.43. The summed E-state index contributed by atoms with van der Waals surface area (Å²) in [6, 6.07) is 1.67. The second-order valence-corrected chi connectivity index (χ2v) is 9.74. The van der Waals surface area contributed by atoms with E-state index in [-0.39, 0.29) is 6.67 Å². The van der Waals surface area contributed by atoms with Crippen LogP contribution in [0.15, 0.2) is 24.3 Å². The van der Waals surface area contributed by atoms with Gasteiger partial charge < -0.3 is 0 Å². The van der Waals surface area contributed by atoms with Crippen LogP contribution in [-0.2, 0) is 12.6 Å². The molecule has 0 unspecified atom stereocenters. The quantitative estimate of drug-likeness (QED) is 0.268. The highest BCUT2D eigenvalue weighted by atomic mass is 19.4. The zero-order valence-electron chi connectivity index (χ0n) is 18.6. The SMILES string of the molecule is FCC=CCCC1CCC(C2CCC(CCc3cc(F)c(C(F)(F)F)c(F)c3)CC2)CC1. The number of benzene rings is 1. The van der Waals surface area contributed by atoms with Crippen molar-refractivity contribution in [2.45, 2.75) is 83.2 Å². The summed E-state index contributed by atoms with van der Waals surface area (Å²) in [7, 11) is 0. The van der Waals surface area contributed by atoms with Gasteiger partial charge in [-0.3, -0.25) is 0 Å². The van der Waals surface area contributed by atoms with Crippen molar-refractivity contribution in [2.75, 3.05) is 6.67 Å². The number of hydrogen-bond acceptors (Lipinski definition) is 0. The normalized spacial score (nSPS) is 27.2. The Bertz CT molecular complexity index is 714. The molecule has 0 radical (unpaired) electrons. The molecule has 0 amide bonds. The van der Waals surface area contributed by atoms with Crippen LogP contribution in [0.2, 0.25) is 0 Å². The molecule has 3 rings (SSSR count). The third-order valence-electron chi connectivity index (χ3n) is 7.67. The van der Waals surface area contributed by atoms with Crippen molar-refractivity contribution in [3.8, 4) is 0 Å². The van der Waals surface area contributed by atoms with E-state index < -0.39 is 23.4 Å². The van der Waals surface area contributed by atoms with E-state index in [1.54, 1.807) is 6.08 Å². The fraction of sp³-hybridized carbons (Fsp3) is 0.692. The molecule has 0 aromatic heterocycles. The second kappa shape index (κ2) is 11.6. The molecule has 0 N–H and O–H groups in total. The van der Waals surface area contributed by atoms with Crippen molar-refractivity contribution in [1.29, 1.82) is 0 Å². The zero-order chi connectivity index (χ0) is 23.1. The van der Waals surface area contributed by atoms with E-state index in [2.05, 4.69) is 0 Å². The molecule has 2 aliphatic rings. The molecular weight excluding hydrogens is 426 g/mol. The molecule has 2 fully saturated rings. The second-order valence-electron chi connectivity index (χ2n) is 9.74. The van der Waals surface area contributed by atoms with E-state index >= 15 is 0 Å². The predicted octanol–water partition coefficient (Wildman–Crippen LogP) is 8.83. The van der Waals surface area contributed by atoms with Crippen molar-refractivity contribution in [3.05, 3.63) is 47.0 Å². The van der Waals surface area contributed by atoms with Gasteiger partial charge in [0.25, 0.3) is 0 Å². The minimum absolute atomic E-state index is 0.301. The van der Waals surface area contributed by atoms with Gasteiger partial charge >= 0.3 is 6.18 Å². The lowest BCUT2D eigenvalue weighted by Crippen LogP contribution is -2.26. The maximum atomic E-state index is 13.8. The van der Waals surface area contributed by atoms with Gasteiger partial charge in [-0.05, 0) is 92.7 Å². The van der Waals surface area contributed by atoms with E-state index in [9.17, 15) is 26.3 Å². The van der Waals surface area contributed by atoms with Crippen LogP contribution in [0.1, 0.15) is 81.8 Å². The molecule has 0 spiro atoms. The number of rotatable bonds is 8. The molecule has 2 aliphatic carbocycles. The highest BCUT2D eigenvalue weighted by molar-refractivity contribution is 5.28. The van der Waals surface area contributed by atoms with Crippen molar-refractivity contribution >= 4 is 0 Å². The van der Waals surface area contributed by atoms with Gasteiger partial charge in [0, 0.05) is 0 Å². The minimum Gasteiger partial charge on any atom is -0.247 e. The van der Waals surface area contributed by atoms with Crippen LogP contribution < -0.4 is 0 Å². The minimum atomic E-state index is -5.02. The van der Waals surface area contributed by atoms with Crippen LogP contribution in [0, 0.1) is 35.3 Å². The summed E-state index contributed by atoms with van der Waals surface area (Å²) in [5, 5.41) is 0. The van der Waals surface area contributed by atoms with E-state index in [1.165, 1.54) is 38.5 Å². The van der Waals surface area contributed by atoms with Crippen molar-refractivity contribution in [2.24, 2.45) is 23.7 Å². The van der Waals surface area contributed by atoms with Gasteiger partial charge in [0.2, 0.25) is 0 Å². The Kier molecular flexibility index (Phi) is 9.13. The molecule has 0 bridgehead atoms. The average Bonchev–Trinajstić information content (AvgIpc) is 2.75. The van der Waals surface area contributed by atoms with Gasteiger partial charge in [-0.15, -0.1) is 0 Å². The maximum absolute atomic E-state index is 13.8. The lowest BCUT2D eigenvalue weighted by atomic mass is 9.68. The third kappa shape index (κ3) is 7.02. The van der Waals surface area contributed by atoms with Crippen LogP contribution in [0.5, 0.6) is 0 Å². The summed E-state index contributed by atoms with van der Waals surface area (Å²) in [4.78, 5) is 0. The number of allylic oxidation sites excluding steroid dienone is 2. The van der Waals surface area contributed by atoms with E-state index in [0.717, 1.165) is 62.0 Å². The van der Waals surface area contributed by atoms with Crippen molar-refractivity contribution in [3.63, 3.8) is 0 Å². The molecule has 32 heavy (non-hydrogen) atoms. The van der Waals surface area contributed by atoms with Gasteiger partial charge in [-0.1, -0.05) is 37.8 Å². The fourth-order valence-corrected chi connectivity index (χ4v) is 5.82. The van der Waals surface area contributed by atoms with Gasteiger partial charge in [0.1, 0.15) is 23.9 Å². The number of aryl methyl sites for hydroxylation is 1. The van der Waals surface area contributed by atoms with E-state index in [0.29, 0.717) is 17.9 Å². The molecule has 0 atom stereocenters. The lowest BCUT2D eigenvalue weighted by Gasteiger charge is -2.38. The van der Waals surface area contributed by atoms with Crippen LogP contribution in [-0.4, -0.2) is 6.67 Å². The predicted molar refractivity (Wildman–Crippen MR) is 115 cm³/mol. The molecular formula is C26H34F6. The molecule has 0 saturated heterocycles. The molecule has 0 heterocycles. The first-order chi connectivity index (χ1) is 15.3. The average molecular weight is 461 g/mol. The van der Waals surface area contributed by atoms with Crippen LogP contribution in [0.4, 0.5) is 26.3 Å². The first kappa shape index (κ1) is 25.2. The monoisotopic (exact) mass is 460 g/mol. The summed E-state index contributed by atoms with van der Waals surface area (Å²) in [6.07, 6.45) is 11.4. The number of halogens is 6. The van der Waals surface area contributed by atoms with Crippen molar-refractivity contribution in [1.82, 2.24) is 0 Å². The van der Waals surface area contributed by atoms with Gasteiger partial charge in [0.15, 0.2) is 0 Å². The van der Waals surface area contributed by atoms with Crippen LogP contribution >= 0.6 is 0 Å². The Morgan fingerprint density at radius 2 is 1.25 bits per heavy atom. The molecule has 1 aromatic carbocycles. The third-order valence-corrected chi connectivity index (χ3v) is 7.67. The van der Waals surface area contributed by atoms with Gasteiger partial charge in [-0.2, -0.15) is 13.2 Å². The summed E-state index contributed by atoms with van der Waals surface area (Å²) >= 11 is 0. The maximum Gasteiger partial charge on any atom is 0.422 e. The molecule has 180 valence electrons. The number of alkyl halides is 4. The molecule has 1 aromatic rings. The lowest BCUT2D eigenvalue weighted by molar-refractivity contribution is -0.142. The molecule has 0 nitrogen and oxygen atoms in total. The van der Waals surface area contributed by atoms with E-state index in [4.69, 9.17) is 0 Å². The Balaban J connectivity index is 1.39. The topological polar surface area (TPSA) is 0 Å². The summed E-state index contributed by atoms with van der Waals surface area (Å²) < 4.78 is 77.8. The summed E-state index contributed by atoms with van der Waals surface area (Å²) in [5.74, 6) is -0.281. The molecule has 0 aliphatic heterocycles. The summed E-state index contributed by atoms with van der Waals surface area (Å²) in [5.41, 5.74) is -1.50. The van der Waals surface area contributed by atoms with Crippen LogP contribution in [0.25, 0.3) is 0 Å². The first-order valence-electron chi connectivity index (χ1n) is 12.0. The Labute approximate surface area is 187 Å². The highest BCUT2D eigenvalue weighted by Gasteiger charge is 2.38. The Morgan fingerprint density at radius 3 is 1.72 bits per heavy atom. The molecule has 2 saturated carbocycles. The van der Waals surface area contributed by atoms with Gasteiger partial charge in [0.05, 0.1) is 0 Å². The zero-order valence-corrected chi connectivity index (χ0v) is 18.6. The first-order valence-corrected chi connectivity index (χ1v) is 12.0. The summed E-state index contributed by atoms with van der Waals surface area (Å²) in [6.45, 7) is -0.381. The molecule has 6 heteroatoms. The van der Waals surface area contributed by atoms with E-state index in [1.807, 2.05) is 6.08 Å². The fourth-order valence-electron chi connectivity index (χ4n) is 5.82. The van der Waals surface area contributed by atoms with Gasteiger partial charge in [-0.25, -0.2) is 13.2 Å².